The lowest BCUT2D eigenvalue weighted by molar-refractivity contribution is -0.237. The van der Waals surface area contributed by atoms with Crippen LogP contribution in [0.15, 0.2) is 46.3 Å². The monoisotopic (exact) mass is 432 g/mol. The molecule has 0 radical (unpaired) electrons. The summed E-state index contributed by atoms with van der Waals surface area (Å²) in [6.45, 7) is 6.46. The highest BCUT2D eigenvalue weighted by molar-refractivity contribution is 8.00. The van der Waals surface area contributed by atoms with Crippen molar-refractivity contribution in [1.82, 2.24) is 4.90 Å². The normalized spacial score (nSPS) is 12.4. The molecule has 3 nitrogen and oxygen atoms in total. The van der Waals surface area contributed by atoms with E-state index in [0.717, 1.165) is 29.4 Å². The predicted molar refractivity (Wildman–Crippen MR) is 106 cm³/mol. The van der Waals surface area contributed by atoms with Crippen LogP contribution in [0.4, 0.5) is 27.6 Å². The molecule has 0 atom stereocenters. The predicted octanol–water partition coefficient (Wildman–Crippen LogP) is 6.95. The van der Waals surface area contributed by atoms with Gasteiger partial charge in [0.15, 0.2) is 0 Å². The van der Waals surface area contributed by atoms with Crippen molar-refractivity contribution >= 4 is 23.8 Å². The maximum absolute atomic E-state index is 13.3. The van der Waals surface area contributed by atoms with Gasteiger partial charge in [-0.05, 0) is 74.0 Å². The minimum absolute atomic E-state index is 0.164. The van der Waals surface area contributed by atoms with Crippen LogP contribution in [0.5, 0.6) is 11.5 Å². The third kappa shape index (κ3) is 6.09. The number of halogens is 5. The molecule has 0 fully saturated rings. The second-order valence-corrected chi connectivity index (χ2v) is 7.60. The zero-order valence-corrected chi connectivity index (χ0v) is 17.2. The topological polar surface area (TPSA) is 24.8 Å². The number of nitrogens with zero attached hydrogens (tertiary/aromatic N) is 2. The molecular weight excluding hydrogens is 411 g/mol. The van der Waals surface area contributed by atoms with E-state index in [1.54, 1.807) is 19.3 Å². The van der Waals surface area contributed by atoms with Gasteiger partial charge in [-0.1, -0.05) is 6.07 Å². The van der Waals surface area contributed by atoms with E-state index in [2.05, 4.69) is 4.99 Å². The maximum atomic E-state index is 13.3. The lowest BCUT2D eigenvalue weighted by Gasteiger charge is -2.19. The Morgan fingerprint density at radius 3 is 2.38 bits per heavy atom. The first-order chi connectivity index (χ1) is 13.4. The molecule has 2 rings (SSSR count). The third-order valence-electron chi connectivity index (χ3n) is 4.00. The Morgan fingerprint density at radius 1 is 1.07 bits per heavy atom. The summed E-state index contributed by atoms with van der Waals surface area (Å²) < 4.78 is 69.5. The molecule has 0 aliphatic carbocycles. The number of alkyl halides is 5. The molecule has 0 spiro atoms. The van der Waals surface area contributed by atoms with E-state index in [9.17, 15) is 22.0 Å². The van der Waals surface area contributed by atoms with Crippen LogP contribution in [-0.2, 0) is 0 Å². The van der Waals surface area contributed by atoms with Crippen LogP contribution in [0.25, 0.3) is 0 Å². The Labute approximate surface area is 170 Å². The minimum Gasteiger partial charge on any atom is -0.457 e. The van der Waals surface area contributed by atoms with Crippen LogP contribution in [-0.4, -0.2) is 36.3 Å². The number of rotatable bonds is 7. The summed E-state index contributed by atoms with van der Waals surface area (Å²) in [5.74, 6) is 0.632. The summed E-state index contributed by atoms with van der Waals surface area (Å²) in [7, 11) is 1.90. The van der Waals surface area contributed by atoms with Crippen molar-refractivity contribution in [3.8, 4) is 11.5 Å². The molecule has 0 saturated heterocycles. The molecule has 158 valence electrons. The maximum Gasteiger partial charge on any atom is 0.464 e. The van der Waals surface area contributed by atoms with Crippen LogP contribution in [0.3, 0.4) is 0 Å². The minimum atomic E-state index is -5.63. The Balaban J connectivity index is 2.22. The fourth-order valence-corrected chi connectivity index (χ4v) is 2.93. The highest BCUT2D eigenvalue weighted by Gasteiger charge is 2.58. The molecule has 0 N–H and O–H groups in total. The van der Waals surface area contributed by atoms with Gasteiger partial charge in [-0.25, -0.2) is 4.99 Å². The first-order valence-electron chi connectivity index (χ1n) is 8.70. The van der Waals surface area contributed by atoms with Crippen molar-refractivity contribution in [3.05, 3.63) is 47.5 Å². The number of thioether (sulfide) groups is 1. The summed E-state index contributed by atoms with van der Waals surface area (Å²) in [6, 6.07) is 8.76. The molecule has 0 aliphatic heterocycles. The van der Waals surface area contributed by atoms with Crippen LogP contribution in [0.1, 0.15) is 18.1 Å². The Hall–Kier alpha value is -2.29. The summed E-state index contributed by atoms with van der Waals surface area (Å²) in [5.41, 5.74) is 2.34. The van der Waals surface area contributed by atoms with Crippen molar-refractivity contribution in [1.29, 1.82) is 0 Å². The fraction of sp³-hybridized carbons (Fsp3) is 0.350. The molecule has 0 heterocycles. The van der Waals surface area contributed by atoms with E-state index >= 15 is 0 Å². The van der Waals surface area contributed by atoms with Gasteiger partial charge in [0.1, 0.15) is 11.5 Å². The molecule has 0 aliphatic rings. The van der Waals surface area contributed by atoms with E-state index in [4.69, 9.17) is 4.74 Å². The summed E-state index contributed by atoms with van der Waals surface area (Å²) in [6.07, 6.45) is -3.92. The molecular formula is C20H21F5N2OS. The van der Waals surface area contributed by atoms with Gasteiger partial charge in [-0.15, -0.1) is 0 Å². The summed E-state index contributed by atoms with van der Waals surface area (Å²) in [5, 5.41) is -4.89. The zero-order valence-electron chi connectivity index (χ0n) is 16.3. The van der Waals surface area contributed by atoms with Crippen LogP contribution < -0.4 is 4.74 Å². The number of aryl methyl sites for hydroxylation is 2. The lowest BCUT2D eigenvalue weighted by atomic mass is 10.1. The standard InChI is InChI=1S/C20H21F5N2OS/c1-5-27(4)12-26-17-9-14(3)18(10-13(17)2)28-15-7-6-8-16(11-15)29-20(24,25)19(21,22)23/h6-12H,5H2,1-4H3. The third-order valence-corrected chi connectivity index (χ3v) is 4.97. The van der Waals surface area contributed by atoms with E-state index < -0.39 is 23.2 Å². The average Bonchev–Trinajstić information content (AvgIpc) is 2.62. The number of ether oxygens (including phenoxy) is 1. The van der Waals surface area contributed by atoms with Crippen molar-refractivity contribution in [2.75, 3.05) is 13.6 Å². The van der Waals surface area contributed by atoms with Crippen molar-refractivity contribution in [2.24, 2.45) is 4.99 Å². The molecule has 0 amide bonds. The van der Waals surface area contributed by atoms with Crippen LogP contribution >= 0.6 is 11.8 Å². The highest BCUT2D eigenvalue weighted by atomic mass is 32.2. The fourth-order valence-electron chi connectivity index (χ4n) is 2.20. The molecule has 0 saturated carbocycles. The van der Waals surface area contributed by atoms with Gasteiger partial charge in [-0.3, -0.25) is 0 Å². The van der Waals surface area contributed by atoms with Gasteiger partial charge in [0.25, 0.3) is 0 Å². The molecule has 0 bridgehead atoms. The van der Waals surface area contributed by atoms with E-state index in [-0.39, 0.29) is 10.6 Å². The van der Waals surface area contributed by atoms with Gasteiger partial charge in [0, 0.05) is 18.5 Å². The second-order valence-electron chi connectivity index (χ2n) is 6.42. The first kappa shape index (κ1) is 23.0. The van der Waals surface area contributed by atoms with Crippen LogP contribution in [0.2, 0.25) is 0 Å². The smallest absolute Gasteiger partial charge is 0.457 e. The van der Waals surface area contributed by atoms with E-state index in [1.165, 1.54) is 18.2 Å². The highest BCUT2D eigenvalue weighted by Crippen LogP contribution is 2.48. The Morgan fingerprint density at radius 2 is 1.76 bits per heavy atom. The van der Waals surface area contributed by atoms with Gasteiger partial charge in [0.05, 0.1) is 12.0 Å². The zero-order chi connectivity index (χ0) is 21.8. The van der Waals surface area contributed by atoms with Gasteiger partial charge >= 0.3 is 11.4 Å². The molecule has 9 heteroatoms. The SMILES string of the molecule is CCN(C)C=Nc1cc(C)c(Oc2cccc(SC(F)(F)C(F)(F)F)c2)cc1C. The molecule has 2 aromatic rings. The second kappa shape index (κ2) is 9.02. The van der Waals surface area contributed by atoms with Gasteiger partial charge in [-0.2, -0.15) is 22.0 Å². The van der Waals surface area contributed by atoms with Crippen LogP contribution in [0, 0.1) is 13.8 Å². The first-order valence-corrected chi connectivity index (χ1v) is 9.51. The van der Waals surface area contributed by atoms with Crippen molar-refractivity contribution < 1.29 is 26.7 Å². The van der Waals surface area contributed by atoms with Gasteiger partial charge < -0.3 is 9.64 Å². The van der Waals surface area contributed by atoms with E-state index in [0.29, 0.717) is 5.75 Å². The number of aliphatic imine (C=N–C) groups is 1. The number of hydrogen-bond acceptors (Lipinski definition) is 3. The number of hydrogen-bond donors (Lipinski definition) is 0. The average molecular weight is 432 g/mol. The molecule has 29 heavy (non-hydrogen) atoms. The quantitative estimate of drug-likeness (QED) is 0.205. The molecule has 2 aromatic carbocycles. The Bertz CT molecular complexity index is 884. The summed E-state index contributed by atoms with van der Waals surface area (Å²) in [4.78, 5) is 6.08. The summed E-state index contributed by atoms with van der Waals surface area (Å²) >= 11 is -0.563. The van der Waals surface area contributed by atoms with Gasteiger partial charge in [0.2, 0.25) is 0 Å². The molecule has 0 aromatic heterocycles. The van der Waals surface area contributed by atoms with Crippen molar-refractivity contribution in [3.63, 3.8) is 0 Å². The largest absolute Gasteiger partial charge is 0.464 e. The lowest BCUT2D eigenvalue weighted by Crippen LogP contribution is -2.32. The van der Waals surface area contributed by atoms with E-state index in [1.807, 2.05) is 31.9 Å². The van der Waals surface area contributed by atoms with Crippen molar-refractivity contribution in [2.45, 2.75) is 37.1 Å². The Kier molecular flexibility index (Phi) is 7.15. The molecule has 0 unspecified atom stereocenters. The number of benzene rings is 2.